The summed E-state index contributed by atoms with van der Waals surface area (Å²) in [5.41, 5.74) is 7.83. The summed E-state index contributed by atoms with van der Waals surface area (Å²) in [6, 6.07) is 4.79. The second-order valence-electron chi connectivity index (χ2n) is 3.47. The number of rotatable bonds is 4. The summed E-state index contributed by atoms with van der Waals surface area (Å²) in [7, 11) is 0. The number of nitrogens with two attached hydrogens (primary N) is 1. The molecule has 1 fully saturated rings. The van der Waals surface area contributed by atoms with Crippen LogP contribution >= 0.6 is 0 Å². The highest BCUT2D eigenvalue weighted by Crippen LogP contribution is 2.19. The molecule has 0 unspecified atom stereocenters. The van der Waals surface area contributed by atoms with E-state index in [-0.39, 0.29) is 0 Å². The van der Waals surface area contributed by atoms with E-state index in [0.29, 0.717) is 6.54 Å². The van der Waals surface area contributed by atoms with E-state index in [1.165, 1.54) is 18.4 Å². The number of hydrogen-bond donors (Lipinski definition) is 2. The molecule has 3 N–H and O–H groups in total. The summed E-state index contributed by atoms with van der Waals surface area (Å²) < 4.78 is 0. The lowest BCUT2D eigenvalue weighted by Gasteiger charge is -2.06. The lowest BCUT2D eigenvalue weighted by atomic mass is 10.2. The zero-order chi connectivity index (χ0) is 9.10. The molecule has 1 aliphatic rings. The molecule has 13 heavy (non-hydrogen) atoms. The highest BCUT2D eigenvalue weighted by Gasteiger charge is 2.20. The Morgan fingerprint density at radius 3 is 3.08 bits per heavy atom. The summed E-state index contributed by atoms with van der Waals surface area (Å²) in [6.45, 7) is 1.44. The molecule has 2 rings (SSSR count). The quantitative estimate of drug-likeness (QED) is 0.715. The van der Waals surface area contributed by atoms with Crippen LogP contribution in [-0.4, -0.2) is 11.0 Å². The largest absolute Gasteiger partial charge is 0.325 e. The van der Waals surface area contributed by atoms with Gasteiger partial charge in [-0.15, -0.1) is 0 Å². The standard InChI is InChI=1S/C10H15N3/c11-6-10-8(2-1-5-12-10)7-13-9-3-4-9/h1-2,5,9,13H,3-4,6-7,11H2. The van der Waals surface area contributed by atoms with E-state index in [0.717, 1.165) is 18.3 Å². The number of aromatic nitrogens is 1. The molecule has 0 spiro atoms. The van der Waals surface area contributed by atoms with Gasteiger partial charge in [0.25, 0.3) is 0 Å². The van der Waals surface area contributed by atoms with Crippen LogP contribution in [-0.2, 0) is 13.1 Å². The molecule has 1 aromatic heterocycles. The third-order valence-electron chi connectivity index (χ3n) is 2.34. The molecule has 3 nitrogen and oxygen atoms in total. The van der Waals surface area contributed by atoms with Gasteiger partial charge in [0.05, 0.1) is 5.69 Å². The minimum absolute atomic E-state index is 0.530. The molecule has 0 aliphatic heterocycles. The van der Waals surface area contributed by atoms with Gasteiger partial charge in [-0.2, -0.15) is 0 Å². The number of pyridine rings is 1. The minimum atomic E-state index is 0.530. The van der Waals surface area contributed by atoms with Gasteiger partial charge in [-0.3, -0.25) is 4.98 Å². The maximum atomic E-state index is 5.58. The summed E-state index contributed by atoms with van der Waals surface area (Å²) >= 11 is 0. The Balaban J connectivity index is 1.99. The topological polar surface area (TPSA) is 50.9 Å². The molecule has 0 aromatic carbocycles. The van der Waals surface area contributed by atoms with Crippen LogP contribution < -0.4 is 11.1 Å². The van der Waals surface area contributed by atoms with Gasteiger partial charge >= 0.3 is 0 Å². The van der Waals surface area contributed by atoms with Crippen LogP contribution in [0.2, 0.25) is 0 Å². The monoisotopic (exact) mass is 177 g/mol. The van der Waals surface area contributed by atoms with Crippen LogP contribution in [0.5, 0.6) is 0 Å². The Bertz CT molecular complexity index is 281. The molecule has 1 aromatic rings. The van der Waals surface area contributed by atoms with Gasteiger partial charge in [0.1, 0.15) is 0 Å². The Morgan fingerprint density at radius 1 is 1.54 bits per heavy atom. The van der Waals surface area contributed by atoms with E-state index in [1.54, 1.807) is 6.20 Å². The Kier molecular flexibility index (Phi) is 2.57. The normalized spacial score (nSPS) is 16.1. The fourth-order valence-electron chi connectivity index (χ4n) is 1.36. The lowest BCUT2D eigenvalue weighted by Crippen LogP contribution is -2.17. The summed E-state index contributed by atoms with van der Waals surface area (Å²) in [5.74, 6) is 0. The van der Waals surface area contributed by atoms with Gasteiger partial charge in [-0.25, -0.2) is 0 Å². The Hall–Kier alpha value is -0.930. The third-order valence-corrected chi connectivity index (χ3v) is 2.34. The van der Waals surface area contributed by atoms with Crippen molar-refractivity contribution in [3.63, 3.8) is 0 Å². The van der Waals surface area contributed by atoms with Crippen LogP contribution in [0.1, 0.15) is 24.1 Å². The van der Waals surface area contributed by atoms with Gasteiger partial charge in [0.15, 0.2) is 0 Å². The number of nitrogens with one attached hydrogen (secondary N) is 1. The fourth-order valence-corrected chi connectivity index (χ4v) is 1.36. The van der Waals surface area contributed by atoms with Gasteiger partial charge in [0, 0.05) is 25.3 Å². The van der Waals surface area contributed by atoms with Crippen molar-refractivity contribution in [2.75, 3.05) is 0 Å². The van der Waals surface area contributed by atoms with Crippen LogP contribution in [0.4, 0.5) is 0 Å². The van der Waals surface area contributed by atoms with Gasteiger partial charge < -0.3 is 11.1 Å². The van der Waals surface area contributed by atoms with Crippen LogP contribution in [0, 0.1) is 0 Å². The van der Waals surface area contributed by atoms with E-state index >= 15 is 0 Å². The van der Waals surface area contributed by atoms with E-state index < -0.39 is 0 Å². The average Bonchev–Trinajstić information content (AvgIpc) is 2.99. The fraction of sp³-hybridized carbons (Fsp3) is 0.500. The van der Waals surface area contributed by atoms with Crippen molar-refractivity contribution in [3.05, 3.63) is 29.6 Å². The lowest BCUT2D eigenvalue weighted by molar-refractivity contribution is 0.678. The molecule has 0 bridgehead atoms. The molecule has 0 saturated heterocycles. The smallest absolute Gasteiger partial charge is 0.0584 e. The van der Waals surface area contributed by atoms with Crippen molar-refractivity contribution in [3.8, 4) is 0 Å². The van der Waals surface area contributed by atoms with Crippen LogP contribution in [0.3, 0.4) is 0 Å². The molecule has 0 amide bonds. The molecule has 1 heterocycles. The van der Waals surface area contributed by atoms with Gasteiger partial charge in [0.2, 0.25) is 0 Å². The number of nitrogens with zero attached hydrogens (tertiary/aromatic N) is 1. The molecule has 0 atom stereocenters. The third kappa shape index (κ3) is 2.26. The van der Waals surface area contributed by atoms with Crippen molar-refractivity contribution in [1.82, 2.24) is 10.3 Å². The molecular weight excluding hydrogens is 162 g/mol. The van der Waals surface area contributed by atoms with Crippen molar-refractivity contribution in [2.45, 2.75) is 32.0 Å². The Labute approximate surface area is 78.4 Å². The van der Waals surface area contributed by atoms with E-state index in [4.69, 9.17) is 5.73 Å². The van der Waals surface area contributed by atoms with E-state index in [1.807, 2.05) is 6.07 Å². The van der Waals surface area contributed by atoms with Gasteiger partial charge in [-0.05, 0) is 24.5 Å². The SMILES string of the molecule is NCc1ncccc1CNC1CC1. The molecule has 70 valence electrons. The van der Waals surface area contributed by atoms with Crippen molar-refractivity contribution in [1.29, 1.82) is 0 Å². The zero-order valence-corrected chi connectivity index (χ0v) is 7.66. The second kappa shape index (κ2) is 3.85. The van der Waals surface area contributed by atoms with Crippen molar-refractivity contribution < 1.29 is 0 Å². The molecule has 0 radical (unpaired) electrons. The first-order chi connectivity index (χ1) is 6.40. The zero-order valence-electron chi connectivity index (χ0n) is 7.66. The summed E-state index contributed by atoms with van der Waals surface area (Å²) in [5, 5.41) is 3.45. The summed E-state index contributed by atoms with van der Waals surface area (Å²) in [4.78, 5) is 4.23. The molecule has 1 saturated carbocycles. The maximum Gasteiger partial charge on any atom is 0.0584 e. The highest BCUT2D eigenvalue weighted by molar-refractivity contribution is 5.19. The van der Waals surface area contributed by atoms with E-state index in [9.17, 15) is 0 Å². The first-order valence-electron chi connectivity index (χ1n) is 4.76. The summed E-state index contributed by atoms with van der Waals surface area (Å²) in [6.07, 6.45) is 4.43. The van der Waals surface area contributed by atoms with Gasteiger partial charge in [-0.1, -0.05) is 6.07 Å². The minimum Gasteiger partial charge on any atom is -0.325 e. The first-order valence-corrected chi connectivity index (χ1v) is 4.76. The molecule has 3 heteroatoms. The molecular formula is C10H15N3. The van der Waals surface area contributed by atoms with Crippen LogP contribution in [0.25, 0.3) is 0 Å². The van der Waals surface area contributed by atoms with E-state index in [2.05, 4.69) is 16.4 Å². The Morgan fingerprint density at radius 2 is 2.38 bits per heavy atom. The average molecular weight is 177 g/mol. The second-order valence-corrected chi connectivity index (χ2v) is 3.47. The van der Waals surface area contributed by atoms with Crippen LogP contribution in [0.15, 0.2) is 18.3 Å². The van der Waals surface area contributed by atoms with Crippen molar-refractivity contribution in [2.24, 2.45) is 5.73 Å². The van der Waals surface area contributed by atoms with Crippen molar-refractivity contribution >= 4 is 0 Å². The predicted molar refractivity (Wildman–Crippen MR) is 52.0 cm³/mol. The predicted octanol–water partition coefficient (Wildman–Crippen LogP) is 0.792. The molecule has 1 aliphatic carbocycles. The maximum absolute atomic E-state index is 5.58. The number of hydrogen-bond acceptors (Lipinski definition) is 3. The first kappa shape index (κ1) is 8.66. The highest BCUT2D eigenvalue weighted by atomic mass is 14.9.